The van der Waals surface area contributed by atoms with Crippen molar-refractivity contribution in [1.82, 2.24) is 0 Å². The summed E-state index contributed by atoms with van der Waals surface area (Å²) in [5, 5.41) is 7.42. The van der Waals surface area contributed by atoms with Crippen LogP contribution >= 0.6 is 0 Å². The highest BCUT2D eigenvalue weighted by atomic mass is 16.4. The lowest BCUT2D eigenvalue weighted by molar-refractivity contribution is -0.134. The normalized spacial score (nSPS) is 19.4. The number of hydrogen-bond acceptors (Lipinski definition) is 2. The highest BCUT2D eigenvalue weighted by Crippen LogP contribution is 2.37. The fourth-order valence-electron chi connectivity index (χ4n) is 2.00. The third kappa shape index (κ3) is 5.22. The molecule has 0 atom stereocenters. The highest BCUT2D eigenvalue weighted by molar-refractivity contribution is 5.62. The van der Waals surface area contributed by atoms with Gasteiger partial charge in [-0.1, -0.05) is 26.2 Å². The average molecular weight is 201 g/mol. The Balaban J connectivity index is 0.000000364. The van der Waals surface area contributed by atoms with Crippen LogP contribution in [0.3, 0.4) is 0 Å². The summed E-state index contributed by atoms with van der Waals surface area (Å²) in [5.74, 6) is -0.833. The summed E-state index contributed by atoms with van der Waals surface area (Å²) in [6.45, 7) is 4.27. The van der Waals surface area contributed by atoms with E-state index < -0.39 is 5.97 Å². The van der Waals surface area contributed by atoms with E-state index in [1.165, 1.54) is 38.5 Å². The molecule has 0 spiro atoms. The highest BCUT2D eigenvalue weighted by Gasteiger charge is 2.27. The Bertz CT molecular complexity index is 153. The van der Waals surface area contributed by atoms with E-state index >= 15 is 0 Å². The molecule has 1 saturated carbocycles. The number of aliphatic carboxylic acids is 1. The molecule has 3 nitrogen and oxygen atoms in total. The molecule has 14 heavy (non-hydrogen) atoms. The first-order chi connectivity index (χ1) is 6.56. The van der Waals surface area contributed by atoms with Crippen LogP contribution in [-0.4, -0.2) is 17.6 Å². The molecule has 1 fully saturated rings. The molecule has 0 amide bonds. The van der Waals surface area contributed by atoms with Crippen LogP contribution in [0.5, 0.6) is 0 Å². The smallest absolute Gasteiger partial charge is 0.300 e. The molecular weight excluding hydrogens is 178 g/mol. The second-order valence-corrected chi connectivity index (χ2v) is 4.14. The van der Waals surface area contributed by atoms with Crippen LogP contribution in [0.2, 0.25) is 0 Å². The molecule has 0 aromatic heterocycles. The van der Waals surface area contributed by atoms with Crippen molar-refractivity contribution in [2.45, 2.75) is 52.4 Å². The molecule has 1 rings (SSSR count). The third-order valence-electron chi connectivity index (χ3n) is 3.10. The number of carboxylic acid groups (broad SMARTS) is 1. The number of nitrogens with two attached hydrogens (primary N) is 1. The molecule has 0 aromatic carbocycles. The molecule has 3 N–H and O–H groups in total. The summed E-state index contributed by atoms with van der Waals surface area (Å²) in [6.07, 6.45) is 8.28. The van der Waals surface area contributed by atoms with Crippen LogP contribution in [0.4, 0.5) is 0 Å². The second kappa shape index (κ2) is 6.82. The van der Waals surface area contributed by atoms with Crippen molar-refractivity contribution < 1.29 is 9.90 Å². The van der Waals surface area contributed by atoms with Gasteiger partial charge in [-0.05, 0) is 31.2 Å². The molecule has 0 radical (unpaired) electrons. The fraction of sp³-hybridized carbons (Fsp3) is 0.909. The fourth-order valence-corrected chi connectivity index (χ4v) is 2.00. The van der Waals surface area contributed by atoms with Gasteiger partial charge in [0, 0.05) is 6.92 Å². The van der Waals surface area contributed by atoms with Crippen LogP contribution in [0, 0.1) is 5.41 Å². The SMILES string of the molecule is CC(=O)O.CCC1(CN)CCCCC1. The van der Waals surface area contributed by atoms with Gasteiger partial charge in [0.1, 0.15) is 0 Å². The van der Waals surface area contributed by atoms with Gasteiger partial charge in [0.05, 0.1) is 0 Å². The zero-order valence-corrected chi connectivity index (χ0v) is 9.38. The van der Waals surface area contributed by atoms with Gasteiger partial charge in [0.25, 0.3) is 5.97 Å². The number of hydrogen-bond donors (Lipinski definition) is 2. The van der Waals surface area contributed by atoms with Crippen molar-refractivity contribution in [3.8, 4) is 0 Å². The maximum Gasteiger partial charge on any atom is 0.300 e. The van der Waals surface area contributed by atoms with Crippen molar-refractivity contribution >= 4 is 5.97 Å². The van der Waals surface area contributed by atoms with Gasteiger partial charge in [-0.3, -0.25) is 4.79 Å². The van der Waals surface area contributed by atoms with E-state index in [0.29, 0.717) is 5.41 Å². The van der Waals surface area contributed by atoms with Crippen molar-refractivity contribution in [3.05, 3.63) is 0 Å². The van der Waals surface area contributed by atoms with E-state index in [9.17, 15) is 0 Å². The van der Waals surface area contributed by atoms with Gasteiger partial charge < -0.3 is 10.8 Å². The first-order valence-corrected chi connectivity index (χ1v) is 5.46. The monoisotopic (exact) mass is 201 g/mol. The van der Waals surface area contributed by atoms with E-state index in [1.54, 1.807) is 0 Å². The minimum Gasteiger partial charge on any atom is -0.481 e. The second-order valence-electron chi connectivity index (χ2n) is 4.14. The molecule has 0 bridgehead atoms. The standard InChI is InChI=1S/C9H19N.C2H4O2/c1-2-9(8-10)6-4-3-5-7-9;1-2(3)4/h2-8,10H2,1H3;1H3,(H,3,4). The Kier molecular flexibility index (Phi) is 6.54. The van der Waals surface area contributed by atoms with Gasteiger partial charge >= 0.3 is 0 Å². The van der Waals surface area contributed by atoms with Gasteiger partial charge in [-0.25, -0.2) is 0 Å². The number of carboxylic acids is 1. The molecule has 0 aromatic rings. The first kappa shape index (κ1) is 13.4. The molecule has 0 saturated heterocycles. The molecule has 3 heteroatoms. The van der Waals surface area contributed by atoms with Crippen LogP contribution < -0.4 is 5.73 Å². The molecule has 1 aliphatic rings. The number of rotatable bonds is 2. The Morgan fingerprint density at radius 1 is 1.36 bits per heavy atom. The van der Waals surface area contributed by atoms with E-state index in [1.807, 2.05) is 0 Å². The lowest BCUT2D eigenvalue weighted by Gasteiger charge is -2.35. The summed E-state index contributed by atoms with van der Waals surface area (Å²) in [5.41, 5.74) is 6.29. The van der Waals surface area contributed by atoms with Crippen LogP contribution in [0.15, 0.2) is 0 Å². The van der Waals surface area contributed by atoms with Crippen molar-refractivity contribution in [2.24, 2.45) is 11.1 Å². The minimum absolute atomic E-state index is 0.540. The molecule has 0 unspecified atom stereocenters. The molecule has 84 valence electrons. The molecule has 0 heterocycles. The van der Waals surface area contributed by atoms with Gasteiger partial charge in [-0.2, -0.15) is 0 Å². The van der Waals surface area contributed by atoms with Crippen LogP contribution in [0.1, 0.15) is 52.4 Å². The minimum atomic E-state index is -0.833. The maximum absolute atomic E-state index is 9.00. The maximum atomic E-state index is 9.00. The largest absolute Gasteiger partial charge is 0.481 e. The predicted octanol–water partition coefficient (Wildman–Crippen LogP) is 2.40. The first-order valence-electron chi connectivity index (χ1n) is 5.46. The lowest BCUT2D eigenvalue weighted by atomic mass is 9.72. The number of carbonyl (C=O) groups is 1. The van der Waals surface area contributed by atoms with E-state index in [-0.39, 0.29) is 0 Å². The Hall–Kier alpha value is -0.570. The van der Waals surface area contributed by atoms with E-state index in [0.717, 1.165) is 13.5 Å². The summed E-state index contributed by atoms with van der Waals surface area (Å²) in [6, 6.07) is 0. The topological polar surface area (TPSA) is 63.3 Å². The molecule has 0 aliphatic heterocycles. The van der Waals surface area contributed by atoms with E-state index in [2.05, 4.69) is 6.92 Å². The third-order valence-corrected chi connectivity index (χ3v) is 3.10. The summed E-state index contributed by atoms with van der Waals surface area (Å²) in [7, 11) is 0. The summed E-state index contributed by atoms with van der Waals surface area (Å²) >= 11 is 0. The lowest BCUT2D eigenvalue weighted by Crippen LogP contribution is -2.31. The summed E-state index contributed by atoms with van der Waals surface area (Å²) in [4.78, 5) is 9.00. The zero-order valence-electron chi connectivity index (χ0n) is 9.38. The van der Waals surface area contributed by atoms with Gasteiger partial charge in [-0.15, -0.1) is 0 Å². The molecular formula is C11H23NO2. The van der Waals surface area contributed by atoms with Crippen LogP contribution in [0.25, 0.3) is 0 Å². The Morgan fingerprint density at radius 3 is 2.00 bits per heavy atom. The van der Waals surface area contributed by atoms with Gasteiger partial charge in [0.2, 0.25) is 0 Å². The molecule has 1 aliphatic carbocycles. The van der Waals surface area contributed by atoms with Crippen molar-refractivity contribution in [1.29, 1.82) is 0 Å². The Morgan fingerprint density at radius 2 is 1.79 bits per heavy atom. The zero-order chi connectivity index (χ0) is 11.0. The quantitative estimate of drug-likeness (QED) is 0.721. The van der Waals surface area contributed by atoms with Crippen molar-refractivity contribution in [3.63, 3.8) is 0 Å². The average Bonchev–Trinajstić information content (AvgIpc) is 2.18. The van der Waals surface area contributed by atoms with Crippen LogP contribution in [-0.2, 0) is 4.79 Å². The summed E-state index contributed by atoms with van der Waals surface area (Å²) < 4.78 is 0. The van der Waals surface area contributed by atoms with E-state index in [4.69, 9.17) is 15.6 Å². The van der Waals surface area contributed by atoms with Crippen molar-refractivity contribution in [2.75, 3.05) is 6.54 Å². The van der Waals surface area contributed by atoms with Gasteiger partial charge in [0.15, 0.2) is 0 Å². The predicted molar refractivity (Wildman–Crippen MR) is 58.2 cm³/mol. The Labute approximate surface area is 86.7 Å².